The number of aromatic nitrogens is 2. The topological polar surface area (TPSA) is 56.2 Å². The summed E-state index contributed by atoms with van der Waals surface area (Å²) in [7, 11) is 0. The van der Waals surface area contributed by atoms with E-state index in [0.29, 0.717) is 26.0 Å². The molecular weight excluding hydrogens is 416 g/mol. The minimum Gasteiger partial charge on any atom is -0.435 e. The highest BCUT2D eigenvalue weighted by atomic mass is 32.2. The van der Waals surface area contributed by atoms with Gasteiger partial charge in [0.25, 0.3) is 5.91 Å². The summed E-state index contributed by atoms with van der Waals surface area (Å²) in [6, 6.07) is 15.7. The molecule has 5 nitrogen and oxygen atoms in total. The van der Waals surface area contributed by atoms with E-state index in [1.54, 1.807) is 29.1 Å². The summed E-state index contributed by atoms with van der Waals surface area (Å²) in [6.07, 6.45) is 3.51. The lowest BCUT2D eigenvalue weighted by Gasteiger charge is -2.05. The van der Waals surface area contributed by atoms with E-state index in [1.165, 1.54) is 23.9 Å². The molecule has 1 N–H and O–H groups in total. The molecule has 1 fully saturated rings. The molecular formula is C20H13F2N3O2S2. The number of ether oxygens (including phenoxy) is 1. The van der Waals surface area contributed by atoms with E-state index in [2.05, 4.69) is 15.2 Å². The Hall–Kier alpha value is -3.04. The summed E-state index contributed by atoms with van der Waals surface area (Å²) >= 11 is 6.22. The number of hydrogen-bond acceptors (Lipinski definition) is 5. The highest BCUT2D eigenvalue weighted by Crippen LogP contribution is 2.31. The van der Waals surface area contributed by atoms with Gasteiger partial charge in [0.2, 0.25) is 0 Å². The number of nitrogens with zero attached hydrogens (tertiary/aromatic N) is 2. The molecule has 0 atom stereocenters. The predicted molar refractivity (Wildman–Crippen MR) is 112 cm³/mol. The molecule has 1 aliphatic heterocycles. The van der Waals surface area contributed by atoms with Crippen LogP contribution in [0, 0.1) is 0 Å². The molecule has 146 valence electrons. The maximum atomic E-state index is 12.4. The monoisotopic (exact) mass is 429 g/mol. The van der Waals surface area contributed by atoms with Crippen LogP contribution < -0.4 is 10.1 Å². The van der Waals surface area contributed by atoms with Crippen molar-refractivity contribution in [2.45, 2.75) is 6.61 Å². The van der Waals surface area contributed by atoms with Gasteiger partial charge in [-0.05, 0) is 42.5 Å². The number of rotatable bonds is 5. The first-order chi connectivity index (χ1) is 14.0. The normalized spacial score (nSPS) is 15.2. The van der Waals surface area contributed by atoms with Crippen molar-refractivity contribution in [2.75, 3.05) is 0 Å². The van der Waals surface area contributed by atoms with Gasteiger partial charge in [0.15, 0.2) is 0 Å². The summed E-state index contributed by atoms with van der Waals surface area (Å²) in [5.41, 5.74) is 2.82. The Kier molecular flexibility index (Phi) is 5.41. The number of alkyl halides is 2. The average Bonchev–Trinajstić information content (AvgIpc) is 3.26. The van der Waals surface area contributed by atoms with Crippen LogP contribution in [0.1, 0.15) is 5.56 Å². The molecule has 0 spiro atoms. The van der Waals surface area contributed by atoms with Crippen LogP contribution in [0.15, 0.2) is 65.7 Å². The summed E-state index contributed by atoms with van der Waals surface area (Å²) < 4.78 is 31.3. The van der Waals surface area contributed by atoms with E-state index >= 15 is 0 Å². The largest absolute Gasteiger partial charge is 0.435 e. The first-order valence-corrected chi connectivity index (χ1v) is 9.67. The number of amides is 1. The number of benzene rings is 2. The van der Waals surface area contributed by atoms with Gasteiger partial charge in [-0.15, -0.1) is 0 Å². The molecule has 0 saturated carbocycles. The molecule has 0 bridgehead atoms. The van der Waals surface area contributed by atoms with Crippen LogP contribution in [0.25, 0.3) is 23.0 Å². The Morgan fingerprint density at radius 3 is 2.48 bits per heavy atom. The lowest BCUT2D eigenvalue weighted by molar-refractivity contribution is -0.115. The van der Waals surface area contributed by atoms with Gasteiger partial charge in [0, 0.05) is 17.3 Å². The molecule has 0 aliphatic carbocycles. The van der Waals surface area contributed by atoms with Crippen LogP contribution in [-0.4, -0.2) is 26.6 Å². The fourth-order valence-corrected chi connectivity index (χ4v) is 3.82. The van der Waals surface area contributed by atoms with Crippen molar-refractivity contribution in [1.29, 1.82) is 0 Å². The van der Waals surface area contributed by atoms with Gasteiger partial charge < -0.3 is 10.1 Å². The Balaban J connectivity index is 1.77. The lowest BCUT2D eigenvalue weighted by atomic mass is 10.1. The van der Waals surface area contributed by atoms with E-state index < -0.39 is 6.61 Å². The van der Waals surface area contributed by atoms with E-state index in [4.69, 9.17) is 12.2 Å². The second-order valence-corrected chi connectivity index (χ2v) is 7.69. The lowest BCUT2D eigenvalue weighted by Crippen LogP contribution is -2.17. The van der Waals surface area contributed by atoms with Gasteiger partial charge >= 0.3 is 6.61 Å². The number of thioether (sulfide) groups is 1. The van der Waals surface area contributed by atoms with Gasteiger partial charge in [0.05, 0.1) is 16.3 Å². The zero-order valence-corrected chi connectivity index (χ0v) is 16.3. The maximum absolute atomic E-state index is 12.4. The molecule has 0 unspecified atom stereocenters. The first-order valence-electron chi connectivity index (χ1n) is 8.45. The zero-order valence-electron chi connectivity index (χ0n) is 14.7. The molecule has 29 heavy (non-hydrogen) atoms. The predicted octanol–water partition coefficient (Wildman–Crippen LogP) is 4.63. The van der Waals surface area contributed by atoms with Gasteiger partial charge in [-0.25, -0.2) is 4.68 Å². The Morgan fingerprint density at radius 1 is 1.14 bits per heavy atom. The first kappa shape index (κ1) is 19.3. The molecule has 2 aromatic carbocycles. The van der Waals surface area contributed by atoms with Gasteiger partial charge in [0.1, 0.15) is 10.1 Å². The fourth-order valence-electron chi connectivity index (χ4n) is 2.79. The highest BCUT2D eigenvalue weighted by Gasteiger charge is 2.23. The van der Waals surface area contributed by atoms with Crippen molar-refractivity contribution in [3.05, 3.63) is 71.3 Å². The van der Waals surface area contributed by atoms with E-state index in [0.717, 1.165) is 5.69 Å². The average molecular weight is 429 g/mol. The number of nitrogens with one attached hydrogen (secondary N) is 1. The molecule has 1 aliphatic rings. The Bertz CT molecular complexity index is 1100. The van der Waals surface area contributed by atoms with Crippen molar-refractivity contribution >= 4 is 40.3 Å². The van der Waals surface area contributed by atoms with E-state index in [-0.39, 0.29) is 11.7 Å². The van der Waals surface area contributed by atoms with Crippen molar-refractivity contribution in [1.82, 2.24) is 15.1 Å². The number of carbonyl (C=O) groups is 1. The third kappa shape index (κ3) is 4.36. The zero-order chi connectivity index (χ0) is 20.4. The van der Waals surface area contributed by atoms with Crippen molar-refractivity contribution < 1.29 is 18.3 Å². The molecule has 0 radical (unpaired) electrons. The van der Waals surface area contributed by atoms with Crippen molar-refractivity contribution in [3.8, 4) is 22.7 Å². The van der Waals surface area contributed by atoms with E-state index in [9.17, 15) is 13.6 Å². The Labute approximate surface area is 174 Å². The van der Waals surface area contributed by atoms with Crippen molar-refractivity contribution in [2.24, 2.45) is 0 Å². The molecule has 9 heteroatoms. The molecule has 4 rings (SSSR count). The number of halogens is 2. The standard InChI is InChI=1S/C20H13F2N3O2S2/c21-19(22)27-15-8-6-12(7-9-15)17-13(10-16-18(26)23-20(28)29-16)11-25(24-17)14-4-2-1-3-5-14/h1-11,19H,(H,23,26,28)/b16-10+. The quantitative estimate of drug-likeness (QED) is 0.473. The number of hydrogen-bond donors (Lipinski definition) is 1. The van der Waals surface area contributed by atoms with Crippen LogP contribution in [-0.2, 0) is 4.79 Å². The van der Waals surface area contributed by atoms with Crippen molar-refractivity contribution in [3.63, 3.8) is 0 Å². The number of para-hydroxylation sites is 1. The summed E-state index contributed by atoms with van der Waals surface area (Å²) in [5.74, 6) is -0.207. The summed E-state index contributed by atoms with van der Waals surface area (Å²) in [6.45, 7) is -2.89. The van der Waals surface area contributed by atoms with Crippen LogP contribution in [0.5, 0.6) is 5.75 Å². The molecule has 1 saturated heterocycles. The van der Waals surface area contributed by atoms with Crippen LogP contribution in [0.4, 0.5) is 8.78 Å². The van der Waals surface area contributed by atoms with Crippen LogP contribution >= 0.6 is 24.0 Å². The van der Waals surface area contributed by atoms with Gasteiger partial charge in [-0.3, -0.25) is 4.79 Å². The van der Waals surface area contributed by atoms with E-state index in [1.807, 2.05) is 30.3 Å². The minimum absolute atomic E-state index is 0.0576. The minimum atomic E-state index is -2.89. The number of thiocarbonyl (C=S) groups is 1. The highest BCUT2D eigenvalue weighted by molar-refractivity contribution is 8.26. The second-order valence-electron chi connectivity index (χ2n) is 5.97. The molecule has 1 aromatic heterocycles. The third-order valence-electron chi connectivity index (χ3n) is 4.04. The van der Waals surface area contributed by atoms with Gasteiger partial charge in [-0.1, -0.05) is 42.2 Å². The molecule has 3 aromatic rings. The maximum Gasteiger partial charge on any atom is 0.387 e. The second kappa shape index (κ2) is 8.14. The smallest absolute Gasteiger partial charge is 0.387 e. The SMILES string of the molecule is O=C1NC(=S)S/C1=C/c1cn(-c2ccccc2)nc1-c1ccc(OC(F)F)cc1. The fraction of sp³-hybridized carbons (Fsp3) is 0.0500. The number of carbonyl (C=O) groups excluding carboxylic acids is 1. The third-order valence-corrected chi connectivity index (χ3v) is 5.21. The van der Waals surface area contributed by atoms with Crippen LogP contribution in [0.3, 0.4) is 0 Å². The molecule has 1 amide bonds. The van der Waals surface area contributed by atoms with Gasteiger partial charge in [-0.2, -0.15) is 13.9 Å². The Morgan fingerprint density at radius 2 is 1.86 bits per heavy atom. The summed E-state index contributed by atoms with van der Waals surface area (Å²) in [5, 5.41) is 7.22. The summed E-state index contributed by atoms with van der Waals surface area (Å²) in [4.78, 5) is 12.5. The van der Waals surface area contributed by atoms with Crippen LogP contribution in [0.2, 0.25) is 0 Å². The molecule has 2 heterocycles.